The Kier molecular flexibility index (Phi) is 5.16. The third kappa shape index (κ3) is 3.84. The maximum Gasteiger partial charge on any atom is 0.254 e. The van der Waals surface area contributed by atoms with Crippen molar-refractivity contribution in [2.24, 2.45) is 0 Å². The van der Waals surface area contributed by atoms with Crippen molar-refractivity contribution in [3.63, 3.8) is 0 Å². The van der Waals surface area contributed by atoms with E-state index in [-0.39, 0.29) is 17.6 Å². The van der Waals surface area contributed by atoms with Gasteiger partial charge in [0.15, 0.2) is 0 Å². The van der Waals surface area contributed by atoms with E-state index in [9.17, 15) is 9.90 Å². The number of hydrogen-bond donors (Lipinski definition) is 2. The lowest BCUT2D eigenvalue weighted by molar-refractivity contribution is 0.0915. The summed E-state index contributed by atoms with van der Waals surface area (Å²) < 4.78 is 0. The number of halogens is 1. The van der Waals surface area contributed by atoms with Gasteiger partial charge in [-0.05, 0) is 38.0 Å². The molecule has 2 N–H and O–H groups in total. The van der Waals surface area contributed by atoms with E-state index in [1.54, 1.807) is 6.07 Å². The van der Waals surface area contributed by atoms with Crippen LogP contribution in [0, 0.1) is 20.8 Å². The standard InChI is InChI=1S/C17H19ClN2O2/c1-10-4-6-13(7-5-10)14(21)9-19-17(22)15-11(2)8-12(3)20-16(15)18/h4-8,14,21H,9H2,1-3H3,(H,19,22). The Bertz CT molecular complexity index is 661. The van der Waals surface area contributed by atoms with Gasteiger partial charge in [-0.1, -0.05) is 41.4 Å². The van der Waals surface area contributed by atoms with Crippen molar-refractivity contribution < 1.29 is 9.90 Å². The molecule has 1 unspecified atom stereocenters. The van der Waals surface area contributed by atoms with Crippen molar-refractivity contribution in [3.8, 4) is 0 Å². The molecule has 0 radical (unpaired) electrons. The van der Waals surface area contributed by atoms with Crippen LogP contribution in [0.4, 0.5) is 0 Å². The van der Waals surface area contributed by atoms with E-state index in [2.05, 4.69) is 10.3 Å². The zero-order valence-electron chi connectivity index (χ0n) is 12.9. The first-order chi connectivity index (χ1) is 10.4. The average Bonchev–Trinajstić information content (AvgIpc) is 2.44. The molecule has 0 spiro atoms. The van der Waals surface area contributed by atoms with Crippen LogP contribution in [-0.2, 0) is 0 Å². The van der Waals surface area contributed by atoms with Crippen molar-refractivity contribution in [1.29, 1.82) is 0 Å². The second kappa shape index (κ2) is 6.90. The first-order valence-electron chi connectivity index (χ1n) is 7.05. The molecule has 1 aromatic heterocycles. The van der Waals surface area contributed by atoms with Gasteiger partial charge in [-0.15, -0.1) is 0 Å². The molecule has 5 heteroatoms. The molecule has 0 saturated heterocycles. The highest BCUT2D eigenvalue weighted by molar-refractivity contribution is 6.32. The average molecular weight is 319 g/mol. The maximum absolute atomic E-state index is 12.2. The van der Waals surface area contributed by atoms with Crippen molar-refractivity contribution >= 4 is 17.5 Å². The minimum atomic E-state index is -0.762. The number of hydrogen-bond acceptors (Lipinski definition) is 3. The Morgan fingerprint density at radius 3 is 2.50 bits per heavy atom. The SMILES string of the molecule is Cc1ccc(C(O)CNC(=O)c2c(C)cc(C)nc2Cl)cc1. The lowest BCUT2D eigenvalue weighted by Crippen LogP contribution is -2.29. The second-order valence-corrected chi connectivity index (χ2v) is 5.74. The fourth-order valence-electron chi connectivity index (χ4n) is 2.25. The van der Waals surface area contributed by atoms with Crippen LogP contribution in [0.2, 0.25) is 5.15 Å². The highest BCUT2D eigenvalue weighted by Gasteiger charge is 2.17. The largest absolute Gasteiger partial charge is 0.387 e. The summed E-state index contributed by atoms with van der Waals surface area (Å²) in [6, 6.07) is 9.34. The maximum atomic E-state index is 12.2. The van der Waals surface area contributed by atoms with Gasteiger partial charge in [0, 0.05) is 12.2 Å². The second-order valence-electron chi connectivity index (χ2n) is 5.38. The molecule has 1 heterocycles. The van der Waals surface area contributed by atoms with E-state index in [1.165, 1.54) is 0 Å². The van der Waals surface area contributed by atoms with Crippen LogP contribution < -0.4 is 5.32 Å². The molecule has 4 nitrogen and oxygen atoms in total. The number of aliphatic hydroxyl groups is 1. The van der Waals surface area contributed by atoms with Gasteiger partial charge < -0.3 is 10.4 Å². The quantitative estimate of drug-likeness (QED) is 0.851. The smallest absolute Gasteiger partial charge is 0.254 e. The summed E-state index contributed by atoms with van der Waals surface area (Å²) in [5.41, 5.74) is 3.76. The molecular formula is C17H19ClN2O2. The van der Waals surface area contributed by atoms with Crippen LogP contribution in [0.25, 0.3) is 0 Å². The van der Waals surface area contributed by atoms with Gasteiger partial charge in [0.05, 0.1) is 11.7 Å². The summed E-state index contributed by atoms with van der Waals surface area (Å²) in [7, 11) is 0. The number of aryl methyl sites for hydroxylation is 3. The lowest BCUT2D eigenvalue weighted by Gasteiger charge is -2.14. The monoisotopic (exact) mass is 318 g/mol. The van der Waals surface area contributed by atoms with Gasteiger partial charge in [-0.3, -0.25) is 4.79 Å². The van der Waals surface area contributed by atoms with E-state index in [4.69, 9.17) is 11.6 Å². The number of carbonyl (C=O) groups excluding carboxylic acids is 1. The van der Waals surface area contributed by atoms with E-state index in [1.807, 2.05) is 45.0 Å². The fraction of sp³-hybridized carbons (Fsp3) is 0.294. The zero-order valence-corrected chi connectivity index (χ0v) is 13.6. The number of benzene rings is 1. The van der Waals surface area contributed by atoms with Crippen molar-refractivity contribution in [3.05, 3.63) is 63.4 Å². The number of aliphatic hydroxyl groups excluding tert-OH is 1. The van der Waals surface area contributed by atoms with Crippen molar-refractivity contribution in [2.45, 2.75) is 26.9 Å². The Balaban J connectivity index is 2.05. The van der Waals surface area contributed by atoms with Crippen LogP contribution in [0.15, 0.2) is 30.3 Å². The topological polar surface area (TPSA) is 62.2 Å². The Labute approximate surface area is 135 Å². The van der Waals surface area contributed by atoms with Gasteiger partial charge in [0.1, 0.15) is 5.15 Å². The van der Waals surface area contributed by atoms with Gasteiger partial charge >= 0.3 is 0 Å². The Hall–Kier alpha value is -1.91. The Morgan fingerprint density at radius 2 is 1.91 bits per heavy atom. The molecule has 0 aliphatic carbocycles. The fourth-order valence-corrected chi connectivity index (χ4v) is 2.62. The molecule has 1 amide bonds. The van der Waals surface area contributed by atoms with Gasteiger partial charge in [-0.2, -0.15) is 0 Å². The summed E-state index contributed by atoms with van der Waals surface area (Å²) in [6.07, 6.45) is -0.762. The van der Waals surface area contributed by atoms with Gasteiger partial charge in [0.2, 0.25) is 0 Å². The number of nitrogens with one attached hydrogen (secondary N) is 1. The van der Waals surface area contributed by atoms with E-state index < -0.39 is 6.10 Å². The van der Waals surface area contributed by atoms with E-state index >= 15 is 0 Å². The zero-order chi connectivity index (χ0) is 16.3. The van der Waals surface area contributed by atoms with Crippen molar-refractivity contribution in [1.82, 2.24) is 10.3 Å². The van der Waals surface area contributed by atoms with Crippen molar-refractivity contribution in [2.75, 3.05) is 6.54 Å². The summed E-state index contributed by atoms with van der Waals surface area (Å²) in [4.78, 5) is 16.3. The summed E-state index contributed by atoms with van der Waals surface area (Å²) in [6.45, 7) is 5.73. The number of nitrogens with zero attached hydrogens (tertiary/aromatic N) is 1. The number of amides is 1. The summed E-state index contributed by atoms with van der Waals surface area (Å²) >= 11 is 6.04. The number of rotatable bonds is 4. The minimum absolute atomic E-state index is 0.117. The predicted molar refractivity (Wildman–Crippen MR) is 87.2 cm³/mol. The normalized spacial score (nSPS) is 12.0. The number of carbonyl (C=O) groups is 1. The molecule has 0 aliphatic heterocycles. The molecule has 2 rings (SSSR count). The molecule has 0 fully saturated rings. The first kappa shape index (κ1) is 16.5. The molecule has 116 valence electrons. The van der Waals surface area contributed by atoms with Crippen LogP contribution in [0.5, 0.6) is 0 Å². The van der Waals surface area contributed by atoms with E-state index in [0.29, 0.717) is 5.56 Å². The molecule has 0 saturated carbocycles. The third-order valence-electron chi connectivity index (χ3n) is 3.45. The molecule has 1 aromatic carbocycles. The van der Waals surface area contributed by atoms with Crippen LogP contribution in [0.3, 0.4) is 0 Å². The highest BCUT2D eigenvalue weighted by atomic mass is 35.5. The molecule has 1 atom stereocenters. The third-order valence-corrected chi connectivity index (χ3v) is 3.72. The lowest BCUT2D eigenvalue weighted by atomic mass is 10.1. The molecule has 0 aliphatic rings. The molecule has 22 heavy (non-hydrogen) atoms. The summed E-state index contributed by atoms with van der Waals surface area (Å²) in [5, 5.41) is 13.0. The predicted octanol–water partition coefficient (Wildman–Crippen LogP) is 3.12. The number of pyridine rings is 1. The van der Waals surface area contributed by atoms with Crippen LogP contribution in [-0.4, -0.2) is 22.5 Å². The van der Waals surface area contributed by atoms with Gasteiger partial charge in [0.25, 0.3) is 5.91 Å². The first-order valence-corrected chi connectivity index (χ1v) is 7.43. The molecular weight excluding hydrogens is 300 g/mol. The number of aromatic nitrogens is 1. The van der Waals surface area contributed by atoms with E-state index in [0.717, 1.165) is 22.4 Å². The van der Waals surface area contributed by atoms with Crippen LogP contribution in [0.1, 0.15) is 38.8 Å². The molecule has 0 bridgehead atoms. The summed E-state index contributed by atoms with van der Waals surface area (Å²) in [5.74, 6) is -0.332. The molecule has 2 aromatic rings. The van der Waals surface area contributed by atoms with Crippen LogP contribution >= 0.6 is 11.6 Å². The van der Waals surface area contributed by atoms with Gasteiger partial charge in [-0.25, -0.2) is 4.98 Å². The highest BCUT2D eigenvalue weighted by Crippen LogP contribution is 2.19. The Morgan fingerprint density at radius 1 is 1.27 bits per heavy atom. The minimum Gasteiger partial charge on any atom is -0.387 e.